The molecule has 1 aromatic rings. The van der Waals surface area contributed by atoms with Crippen molar-refractivity contribution in [2.45, 2.75) is 39.2 Å². The van der Waals surface area contributed by atoms with Gasteiger partial charge in [-0.15, -0.1) is 0 Å². The van der Waals surface area contributed by atoms with E-state index in [-0.39, 0.29) is 5.91 Å². The highest BCUT2D eigenvalue weighted by Gasteiger charge is 2.26. The summed E-state index contributed by atoms with van der Waals surface area (Å²) in [6.45, 7) is 5.94. The Bertz CT molecular complexity index is 419. The first kappa shape index (κ1) is 12.9. The second kappa shape index (κ2) is 5.85. The predicted molar refractivity (Wildman–Crippen MR) is 72.8 cm³/mol. The highest BCUT2D eigenvalue weighted by Crippen LogP contribution is 2.19. The topological polar surface area (TPSA) is 45.2 Å². The Kier molecular flexibility index (Phi) is 4.18. The molecule has 98 valence electrons. The van der Waals surface area contributed by atoms with Gasteiger partial charge in [-0.3, -0.25) is 4.79 Å². The number of rotatable bonds is 4. The molecule has 1 aliphatic rings. The molecule has 0 aliphatic carbocycles. The Morgan fingerprint density at radius 1 is 1.56 bits per heavy atom. The molecule has 1 atom stereocenters. The summed E-state index contributed by atoms with van der Waals surface area (Å²) < 4.78 is 0. The van der Waals surface area contributed by atoms with E-state index >= 15 is 0 Å². The lowest BCUT2D eigenvalue weighted by molar-refractivity contribution is 0.0741. The highest BCUT2D eigenvalue weighted by atomic mass is 16.2. The van der Waals surface area contributed by atoms with Gasteiger partial charge in [0.2, 0.25) is 0 Å². The second-order valence-corrected chi connectivity index (χ2v) is 4.82. The van der Waals surface area contributed by atoms with E-state index < -0.39 is 0 Å². The smallest absolute Gasteiger partial charge is 0.272 e. The first-order valence-electron chi connectivity index (χ1n) is 6.74. The lowest BCUT2D eigenvalue weighted by Crippen LogP contribution is -2.34. The maximum Gasteiger partial charge on any atom is 0.272 e. The zero-order valence-electron chi connectivity index (χ0n) is 11.1. The van der Waals surface area contributed by atoms with Crippen LogP contribution in [0.3, 0.4) is 0 Å². The largest absolute Gasteiger partial charge is 0.370 e. The van der Waals surface area contributed by atoms with Crippen molar-refractivity contribution >= 4 is 11.7 Å². The molecule has 1 aliphatic heterocycles. The molecule has 0 saturated carbocycles. The molecule has 0 bridgehead atoms. The minimum Gasteiger partial charge on any atom is -0.370 e. The van der Waals surface area contributed by atoms with E-state index in [1.807, 2.05) is 17.0 Å². The van der Waals surface area contributed by atoms with E-state index in [2.05, 4.69) is 24.1 Å². The molecule has 1 amide bonds. The molecule has 1 fully saturated rings. The van der Waals surface area contributed by atoms with E-state index in [4.69, 9.17) is 0 Å². The van der Waals surface area contributed by atoms with Crippen molar-refractivity contribution < 1.29 is 4.79 Å². The summed E-state index contributed by atoms with van der Waals surface area (Å²) in [6.07, 6.45) is 3.24. The predicted octanol–water partition coefficient (Wildman–Crippen LogP) is 2.53. The van der Waals surface area contributed by atoms with Gasteiger partial charge in [-0.25, -0.2) is 4.98 Å². The molecule has 1 saturated heterocycles. The van der Waals surface area contributed by atoms with Crippen LogP contribution in [0.1, 0.15) is 43.6 Å². The van der Waals surface area contributed by atoms with E-state index in [1.165, 1.54) is 0 Å². The van der Waals surface area contributed by atoms with Crippen LogP contribution in [-0.4, -0.2) is 34.9 Å². The number of pyridine rings is 1. The van der Waals surface area contributed by atoms with Crippen LogP contribution in [0.25, 0.3) is 0 Å². The maximum atomic E-state index is 12.3. The van der Waals surface area contributed by atoms with Crippen molar-refractivity contribution in [1.29, 1.82) is 0 Å². The lowest BCUT2D eigenvalue weighted by Gasteiger charge is -2.21. The van der Waals surface area contributed by atoms with Crippen LogP contribution in [0.15, 0.2) is 18.2 Å². The Labute approximate surface area is 108 Å². The van der Waals surface area contributed by atoms with Crippen molar-refractivity contribution in [3.63, 3.8) is 0 Å². The summed E-state index contributed by atoms with van der Waals surface area (Å²) in [7, 11) is 0. The molecule has 0 aromatic carbocycles. The molecule has 4 nitrogen and oxygen atoms in total. The fourth-order valence-electron chi connectivity index (χ4n) is 2.29. The molecular formula is C14H21N3O. The zero-order chi connectivity index (χ0) is 13.0. The first-order chi connectivity index (χ1) is 8.72. The number of carbonyl (C=O) groups is 1. The van der Waals surface area contributed by atoms with Gasteiger partial charge < -0.3 is 10.2 Å². The minimum atomic E-state index is 0.0557. The average molecular weight is 247 g/mol. The SMILES string of the molecule is CCCNc1cccc(C(=O)N2CCCC2C)n1. The van der Waals surface area contributed by atoms with Crippen LogP contribution in [0.2, 0.25) is 0 Å². The number of nitrogens with zero attached hydrogens (tertiary/aromatic N) is 2. The second-order valence-electron chi connectivity index (χ2n) is 4.82. The number of likely N-dealkylation sites (tertiary alicyclic amines) is 1. The Morgan fingerprint density at radius 2 is 2.39 bits per heavy atom. The molecule has 18 heavy (non-hydrogen) atoms. The standard InChI is InChI=1S/C14H21N3O/c1-3-9-15-13-8-4-7-12(16-13)14(18)17-10-5-6-11(17)2/h4,7-8,11H,3,5-6,9-10H2,1-2H3,(H,15,16). The van der Waals surface area contributed by atoms with Crippen molar-refractivity contribution in [3.05, 3.63) is 23.9 Å². The first-order valence-corrected chi connectivity index (χ1v) is 6.74. The maximum absolute atomic E-state index is 12.3. The van der Waals surface area contributed by atoms with Crippen molar-refractivity contribution in [2.75, 3.05) is 18.4 Å². The van der Waals surface area contributed by atoms with Gasteiger partial charge in [0.05, 0.1) is 0 Å². The molecule has 1 N–H and O–H groups in total. The summed E-state index contributed by atoms with van der Waals surface area (Å²) in [4.78, 5) is 18.6. The number of nitrogens with one attached hydrogen (secondary N) is 1. The Hall–Kier alpha value is -1.58. The third-order valence-electron chi connectivity index (χ3n) is 3.34. The summed E-state index contributed by atoms with van der Waals surface area (Å²) in [5.41, 5.74) is 0.546. The lowest BCUT2D eigenvalue weighted by atomic mass is 10.2. The molecule has 1 unspecified atom stereocenters. The van der Waals surface area contributed by atoms with Crippen LogP contribution in [0.4, 0.5) is 5.82 Å². The van der Waals surface area contributed by atoms with Crippen LogP contribution in [0, 0.1) is 0 Å². The van der Waals surface area contributed by atoms with Crippen LogP contribution in [-0.2, 0) is 0 Å². The third-order valence-corrected chi connectivity index (χ3v) is 3.34. The highest BCUT2D eigenvalue weighted by molar-refractivity contribution is 5.93. The Balaban J connectivity index is 2.10. The molecule has 0 spiro atoms. The third kappa shape index (κ3) is 2.81. The van der Waals surface area contributed by atoms with Crippen molar-refractivity contribution in [3.8, 4) is 0 Å². The average Bonchev–Trinajstić information content (AvgIpc) is 2.82. The Morgan fingerprint density at radius 3 is 3.06 bits per heavy atom. The monoisotopic (exact) mass is 247 g/mol. The van der Waals surface area contributed by atoms with E-state index in [1.54, 1.807) is 6.07 Å². The van der Waals surface area contributed by atoms with Gasteiger partial charge in [0.25, 0.3) is 5.91 Å². The van der Waals surface area contributed by atoms with Crippen LogP contribution in [0.5, 0.6) is 0 Å². The number of anilines is 1. The quantitative estimate of drug-likeness (QED) is 0.889. The van der Waals surface area contributed by atoms with Gasteiger partial charge in [-0.2, -0.15) is 0 Å². The normalized spacial score (nSPS) is 19.0. The van der Waals surface area contributed by atoms with Crippen molar-refractivity contribution in [2.24, 2.45) is 0 Å². The fraction of sp³-hybridized carbons (Fsp3) is 0.571. The van der Waals surface area contributed by atoms with Crippen molar-refractivity contribution in [1.82, 2.24) is 9.88 Å². The molecular weight excluding hydrogens is 226 g/mol. The number of hydrogen-bond acceptors (Lipinski definition) is 3. The zero-order valence-corrected chi connectivity index (χ0v) is 11.1. The number of carbonyl (C=O) groups excluding carboxylic acids is 1. The van der Waals surface area contributed by atoms with E-state index in [9.17, 15) is 4.79 Å². The molecule has 0 radical (unpaired) electrons. The van der Waals surface area contributed by atoms with Gasteiger partial charge in [-0.05, 0) is 38.3 Å². The number of amides is 1. The summed E-state index contributed by atoms with van der Waals surface area (Å²) >= 11 is 0. The van der Waals surface area contributed by atoms with Gasteiger partial charge in [0.1, 0.15) is 11.5 Å². The molecule has 2 heterocycles. The van der Waals surface area contributed by atoms with Gasteiger partial charge in [0, 0.05) is 19.1 Å². The number of hydrogen-bond donors (Lipinski definition) is 1. The fourth-order valence-corrected chi connectivity index (χ4v) is 2.29. The summed E-state index contributed by atoms with van der Waals surface area (Å²) in [5, 5.41) is 3.21. The molecule has 2 rings (SSSR count). The van der Waals surface area contributed by atoms with Crippen LogP contribution < -0.4 is 5.32 Å². The van der Waals surface area contributed by atoms with E-state index in [0.717, 1.165) is 38.2 Å². The number of aromatic nitrogens is 1. The molecule has 1 aromatic heterocycles. The van der Waals surface area contributed by atoms with Gasteiger partial charge >= 0.3 is 0 Å². The summed E-state index contributed by atoms with van der Waals surface area (Å²) in [6, 6.07) is 5.93. The van der Waals surface area contributed by atoms with Gasteiger partial charge in [0.15, 0.2) is 0 Å². The van der Waals surface area contributed by atoms with E-state index in [0.29, 0.717) is 11.7 Å². The summed E-state index contributed by atoms with van der Waals surface area (Å²) in [5.74, 6) is 0.842. The minimum absolute atomic E-state index is 0.0557. The molecule has 4 heteroatoms. The van der Waals surface area contributed by atoms with Crippen LogP contribution >= 0.6 is 0 Å². The van der Waals surface area contributed by atoms with Gasteiger partial charge in [-0.1, -0.05) is 13.0 Å².